The fourth-order valence-corrected chi connectivity index (χ4v) is 3.39. The van der Waals surface area contributed by atoms with Gasteiger partial charge in [0.1, 0.15) is 0 Å². The molecule has 0 unspecified atom stereocenters. The number of rotatable bonds is 7. The van der Waals surface area contributed by atoms with Crippen LogP contribution in [0.25, 0.3) is 0 Å². The number of piperidine rings is 1. The number of anilines is 2. The van der Waals surface area contributed by atoms with Gasteiger partial charge in [-0.05, 0) is 55.5 Å². The van der Waals surface area contributed by atoms with E-state index >= 15 is 0 Å². The Morgan fingerprint density at radius 1 is 1.04 bits per heavy atom. The first-order valence-electron chi connectivity index (χ1n) is 10.0. The number of nitrogens with one attached hydrogen (secondary N) is 2. The summed E-state index contributed by atoms with van der Waals surface area (Å²) in [6, 6.07) is 16.7. The molecule has 1 heterocycles. The Morgan fingerprint density at radius 2 is 1.70 bits per heavy atom. The molecule has 2 N–H and O–H groups in total. The van der Waals surface area contributed by atoms with Crippen LogP contribution in [0.4, 0.5) is 11.4 Å². The fourth-order valence-electron chi connectivity index (χ4n) is 3.39. The molecule has 2 aromatic carbocycles. The molecule has 4 heteroatoms. The van der Waals surface area contributed by atoms with E-state index in [0.717, 1.165) is 31.2 Å². The first-order valence-corrected chi connectivity index (χ1v) is 10.0. The highest BCUT2D eigenvalue weighted by molar-refractivity contribution is 5.91. The zero-order valence-corrected chi connectivity index (χ0v) is 16.5. The van der Waals surface area contributed by atoms with Crippen molar-refractivity contribution in [3.8, 4) is 0 Å². The smallest absolute Gasteiger partial charge is 0.225 e. The Kier molecular flexibility index (Phi) is 6.88. The van der Waals surface area contributed by atoms with Gasteiger partial charge in [0.15, 0.2) is 0 Å². The van der Waals surface area contributed by atoms with Gasteiger partial charge in [-0.1, -0.05) is 36.8 Å². The molecule has 0 aliphatic carbocycles. The van der Waals surface area contributed by atoms with E-state index in [-0.39, 0.29) is 5.91 Å². The van der Waals surface area contributed by atoms with Gasteiger partial charge in [0, 0.05) is 44.0 Å². The second-order valence-corrected chi connectivity index (χ2v) is 7.68. The van der Waals surface area contributed by atoms with Crippen molar-refractivity contribution in [1.82, 2.24) is 5.32 Å². The number of hydrogen-bond acceptors (Lipinski definition) is 3. The number of carbonyl (C=O) groups excluding carboxylic acids is 1. The number of carbonyl (C=O) groups is 1. The third-order valence-electron chi connectivity index (χ3n) is 5.28. The summed E-state index contributed by atoms with van der Waals surface area (Å²) in [6.07, 6.45) is 2.99. The molecule has 1 aliphatic rings. The average Bonchev–Trinajstić information content (AvgIpc) is 2.68. The van der Waals surface area contributed by atoms with Gasteiger partial charge in [-0.2, -0.15) is 0 Å². The molecule has 1 fully saturated rings. The Bertz CT molecular complexity index is 716. The molecular formula is C23H31N3O. The maximum atomic E-state index is 12.1. The lowest BCUT2D eigenvalue weighted by Gasteiger charge is -2.32. The normalized spacial score (nSPS) is 15.0. The molecule has 0 radical (unpaired) electrons. The Labute approximate surface area is 163 Å². The van der Waals surface area contributed by atoms with Crippen molar-refractivity contribution in [1.29, 1.82) is 0 Å². The lowest BCUT2D eigenvalue weighted by Crippen LogP contribution is -2.32. The summed E-state index contributed by atoms with van der Waals surface area (Å²) in [6.45, 7) is 8.12. The first kappa shape index (κ1) is 19.4. The average molecular weight is 366 g/mol. The van der Waals surface area contributed by atoms with Gasteiger partial charge in [0.05, 0.1) is 0 Å². The van der Waals surface area contributed by atoms with Crippen LogP contribution in [0.2, 0.25) is 0 Å². The summed E-state index contributed by atoms with van der Waals surface area (Å²) in [5, 5.41) is 6.31. The van der Waals surface area contributed by atoms with E-state index in [1.165, 1.54) is 29.7 Å². The maximum absolute atomic E-state index is 12.1. The number of amides is 1. The van der Waals surface area contributed by atoms with Crippen LogP contribution in [0.3, 0.4) is 0 Å². The number of benzene rings is 2. The zero-order chi connectivity index (χ0) is 19.1. The Hall–Kier alpha value is -2.33. The minimum atomic E-state index is 0.0472. The summed E-state index contributed by atoms with van der Waals surface area (Å²) < 4.78 is 0. The van der Waals surface area contributed by atoms with Crippen molar-refractivity contribution in [3.05, 3.63) is 59.7 Å². The lowest BCUT2D eigenvalue weighted by molar-refractivity contribution is -0.116. The van der Waals surface area contributed by atoms with Crippen LogP contribution < -0.4 is 15.5 Å². The standard InChI is InChI=1S/C23H31N3O/c1-18-3-5-20(6-4-18)17-24-14-11-23(27)25-21-7-9-22(10-8-21)26-15-12-19(2)13-16-26/h3-10,19,24H,11-17H2,1-2H3,(H,25,27). The van der Waals surface area contributed by atoms with E-state index in [0.29, 0.717) is 13.0 Å². The SMILES string of the molecule is Cc1ccc(CNCCC(=O)Nc2ccc(N3CCC(C)CC3)cc2)cc1. The summed E-state index contributed by atoms with van der Waals surface area (Å²) in [7, 11) is 0. The molecule has 2 aromatic rings. The van der Waals surface area contributed by atoms with Crippen LogP contribution in [-0.2, 0) is 11.3 Å². The molecule has 3 rings (SSSR count). The summed E-state index contributed by atoms with van der Waals surface area (Å²) in [5.41, 5.74) is 4.62. The van der Waals surface area contributed by atoms with Gasteiger partial charge in [-0.25, -0.2) is 0 Å². The van der Waals surface area contributed by atoms with E-state index in [1.807, 2.05) is 12.1 Å². The molecule has 0 saturated carbocycles. The molecule has 144 valence electrons. The highest BCUT2D eigenvalue weighted by atomic mass is 16.1. The highest BCUT2D eigenvalue weighted by Gasteiger charge is 2.15. The lowest BCUT2D eigenvalue weighted by atomic mass is 9.99. The van der Waals surface area contributed by atoms with Crippen molar-refractivity contribution in [2.45, 2.75) is 39.7 Å². The van der Waals surface area contributed by atoms with E-state index in [4.69, 9.17) is 0 Å². The molecule has 1 amide bonds. The van der Waals surface area contributed by atoms with Crippen LogP contribution in [0.1, 0.15) is 37.3 Å². The highest BCUT2D eigenvalue weighted by Crippen LogP contribution is 2.24. The minimum absolute atomic E-state index is 0.0472. The van der Waals surface area contributed by atoms with Gasteiger partial charge in [-0.3, -0.25) is 4.79 Å². The van der Waals surface area contributed by atoms with Crippen LogP contribution in [-0.4, -0.2) is 25.5 Å². The van der Waals surface area contributed by atoms with Crippen LogP contribution in [0.5, 0.6) is 0 Å². The molecule has 27 heavy (non-hydrogen) atoms. The maximum Gasteiger partial charge on any atom is 0.225 e. The van der Waals surface area contributed by atoms with Crippen molar-refractivity contribution >= 4 is 17.3 Å². The van der Waals surface area contributed by atoms with Crippen LogP contribution in [0, 0.1) is 12.8 Å². The monoisotopic (exact) mass is 365 g/mol. The van der Waals surface area contributed by atoms with Crippen molar-refractivity contribution in [2.24, 2.45) is 5.92 Å². The second kappa shape index (κ2) is 9.56. The number of aryl methyl sites for hydroxylation is 1. The predicted molar refractivity (Wildman–Crippen MR) is 113 cm³/mol. The largest absolute Gasteiger partial charge is 0.372 e. The van der Waals surface area contributed by atoms with Gasteiger partial charge < -0.3 is 15.5 Å². The van der Waals surface area contributed by atoms with Crippen molar-refractivity contribution in [2.75, 3.05) is 29.9 Å². The second-order valence-electron chi connectivity index (χ2n) is 7.68. The summed E-state index contributed by atoms with van der Waals surface area (Å²) in [5.74, 6) is 0.880. The number of nitrogens with zero attached hydrogens (tertiary/aromatic N) is 1. The third-order valence-corrected chi connectivity index (χ3v) is 5.28. The summed E-state index contributed by atoms with van der Waals surface area (Å²) >= 11 is 0. The molecule has 0 aromatic heterocycles. The van der Waals surface area contributed by atoms with E-state index in [9.17, 15) is 4.79 Å². The Morgan fingerprint density at radius 3 is 2.37 bits per heavy atom. The molecule has 1 saturated heterocycles. The Balaban J connectivity index is 1.38. The van der Waals surface area contributed by atoms with Crippen molar-refractivity contribution < 1.29 is 4.79 Å². The molecule has 1 aliphatic heterocycles. The topological polar surface area (TPSA) is 44.4 Å². The van der Waals surface area contributed by atoms with Crippen LogP contribution >= 0.6 is 0 Å². The fraction of sp³-hybridized carbons (Fsp3) is 0.435. The molecule has 4 nitrogen and oxygen atoms in total. The first-order chi connectivity index (χ1) is 13.1. The zero-order valence-electron chi connectivity index (χ0n) is 16.5. The molecular weight excluding hydrogens is 334 g/mol. The summed E-state index contributed by atoms with van der Waals surface area (Å²) in [4.78, 5) is 14.6. The van der Waals surface area contributed by atoms with Gasteiger partial charge in [0.2, 0.25) is 5.91 Å². The van der Waals surface area contributed by atoms with E-state index < -0.39 is 0 Å². The minimum Gasteiger partial charge on any atom is -0.372 e. The van der Waals surface area contributed by atoms with E-state index in [1.54, 1.807) is 0 Å². The quantitative estimate of drug-likeness (QED) is 0.717. The van der Waals surface area contributed by atoms with Gasteiger partial charge in [-0.15, -0.1) is 0 Å². The third kappa shape index (κ3) is 6.10. The van der Waals surface area contributed by atoms with Gasteiger partial charge in [0.25, 0.3) is 0 Å². The van der Waals surface area contributed by atoms with Crippen LogP contribution in [0.15, 0.2) is 48.5 Å². The molecule has 0 atom stereocenters. The van der Waals surface area contributed by atoms with Crippen molar-refractivity contribution in [3.63, 3.8) is 0 Å². The predicted octanol–water partition coefficient (Wildman–Crippen LogP) is 4.35. The molecule has 0 spiro atoms. The van der Waals surface area contributed by atoms with Gasteiger partial charge >= 0.3 is 0 Å². The van der Waals surface area contributed by atoms with E-state index in [2.05, 4.69) is 65.8 Å². The molecule has 0 bridgehead atoms. The number of hydrogen-bond donors (Lipinski definition) is 2.